The van der Waals surface area contributed by atoms with E-state index in [9.17, 15) is 4.79 Å². The molecule has 0 aliphatic heterocycles. The van der Waals surface area contributed by atoms with Crippen LogP contribution in [0.1, 0.15) is 16.2 Å². The topological polar surface area (TPSA) is 76.2 Å². The summed E-state index contributed by atoms with van der Waals surface area (Å²) in [6, 6.07) is 6.29. The maximum atomic E-state index is 10.8. The van der Waals surface area contributed by atoms with Crippen molar-refractivity contribution in [3.8, 4) is 11.4 Å². The van der Waals surface area contributed by atoms with Crippen molar-refractivity contribution in [1.82, 2.24) is 10.1 Å². The Morgan fingerprint density at radius 1 is 1.35 bits per heavy atom. The Balaban J connectivity index is 2.16. The lowest BCUT2D eigenvalue weighted by Crippen LogP contribution is -1.95. The monoisotopic (exact) mass is 330 g/mol. The lowest BCUT2D eigenvalue weighted by molar-refractivity contribution is 0.0697. The van der Waals surface area contributed by atoms with E-state index in [4.69, 9.17) is 21.2 Å². The van der Waals surface area contributed by atoms with E-state index in [1.807, 2.05) is 18.2 Å². The molecule has 1 N–H and O–H groups in total. The Bertz CT molecular complexity index is 745. The minimum atomic E-state index is -0.976. The van der Waals surface area contributed by atoms with E-state index in [-0.39, 0.29) is 5.56 Å². The summed E-state index contributed by atoms with van der Waals surface area (Å²) in [5, 5.41) is 12.8. The van der Waals surface area contributed by atoms with Gasteiger partial charge < -0.3 is 9.63 Å². The number of hydrogen-bond acceptors (Lipinski definition) is 4. The average Bonchev–Trinajstić information content (AvgIpc) is 3.01. The van der Waals surface area contributed by atoms with Gasteiger partial charge in [0.1, 0.15) is 0 Å². The molecule has 0 saturated heterocycles. The van der Waals surface area contributed by atoms with E-state index < -0.39 is 5.97 Å². The molecule has 2 aromatic rings. The van der Waals surface area contributed by atoms with E-state index in [2.05, 4.69) is 16.7 Å². The van der Waals surface area contributed by atoms with Gasteiger partial charge in [0.25, 0.3) is 0 Å². The summed E-state index contributed by atoms with van der Waals surface area (Å²) in [6.45, 7) is 3.67. The normalized spacial score (nSPS) is 11.8. The molecule has 0 spiro atoms. The van der Waals surface area contributed by atoms with Gasteiger partial charge in [-0.1, -0.05) is 48.2 Å². The summed E-state index contributed by atoms with van der Waals surface area (Å²) in [5.41, 5.74) is 1.84. The Kier molecular flexibility index (Phi) is 5.88. The van der Waals surface area contributed by atoms with E-state index in [0.717, 1.165) is 5.57 Å². The molecule has 5 nitrogen and oxygen atoms in total. The van der Waals surface area contributed by atoms with Crippen LogP contribution in [0.2, 0.25) is 0 Å². The van der Waals surface area contributed by atoms with Crippen molar-refractivity contribution in [1.29, 1.82) is 0 Å². The summed E-state index contributed by atoms with van der Waals surface area (Å²) in [6.07, 6.45) is 7.67. The van der Waals surface area contributed by atoms with Gasteiger partial charge in [0.05, 0.1) is 12.0 Å². The zero-order valence-electron chi connectivity index (χ0n) is 12.3. The van der Waals surface area contributed by atoms with Gasteiger partial charge in [-0.3, -0.25) is 0 Å². The van der Waals surface area contributed by atoms with Gasteiger partial charge in [-0.25, -0.2) is 4.79 Å². The number of aromatic nitrogens is 2. The molecule has 1 aromatic heterocycles. The van der Waals surface area contributed by atoms with Crippen LogP contribution in [0.4, 0.5) is 0 Å². The summed E-state index contributed by atoms with van der Waals surface area (Å²) < 4.78 is 5.23. The molecule has 23 heavy (non-hydrogen) atoms. The number of hydrogen-bond donors (Lipinski definition) is 1. The summed E-state index contributed by atoms with van der Waals surface area (Å²) in [5.74, 6) is 0.306. The smallest absolute Gasteiger partial charge is 0.335 e. The van der Waals surface area contributed by atoms with Gasteiger partial charge in [-0.2, -0.15) is 4.98 Å². The quantitative estimate of drug-likeness (QED) is 0.615. The minimum Gasteiger partial charge on any atom is -0.478 e. The molecule has 0 fully saturated rings. The first kappa shape index (κ1) is 16.7. The number of carbonyl (C=O) groups is 1. The van der Waals surface area contributed by atoms with E-state index in [0.29, 0.717) is 29.6 Å². The van der Waals surface area contributed by atoms with E-state index in [1.54, 1.807) is 18.2 Å². The molecule has 0 amide bonds. The predicted molar refractivity (Wildman–Crippen MR) is 88.5 cm³/mol. The molecule has 2 rings (SSSR count). The van der Waals surface area contributed by atoms with Crippen molar-refractivity contribution in [2.75, 3.05) is 5.88 Å². The van der Waals surface area contributed by atoms with Crippen LogP contribution in [-0.4, -0.2) is 27.1 Å². The van der Waals surface area contributed by atoms with E-state index in [1.165, 1.54) is 12.1 Å². The molecular formula is C17H15ClN2O3. The molecule has 1 aromatic carbocycles. The highest BCUT2D eigenvalue weighted by molar-refractivity contribution is 6.18. The molecule has 6 heteroatoms. The lowest BCUT2D eigenvalue weighted by atomic mass is 10.1. The second-order valence-electron chi connectivity index (χ2n) is 4.60. The number of aromatic carboxylic acids is 1. The van der Waals surface area contributed by atoms with Crippen molar-refractivity contribution >= 4 is 17.6 Å². The fourth-order valence-corrected chi connectivity index (χ4v) is 1.99. The number of rotatable bonds is 7. The van der Waals surface area contributed by atoms with Crippen molar-refractivity contribution in [2.24, 2.45) is 0 Å². The first-order valence-electron chi connectivity index (χ1n) is 6.84. The van der Waals surface area contributed by atoms with Crippen LogP contribution < -0.4 is 0 Å². The maximum absolute atomic E-state index is 10.8. The Morgan fingerprint density at radius 3 is 2.70 bits per heavy atom. The van der Waals surface area contributed by atoms with Gasteiger partial charge in [-0.15, -0.1) is 11.6 Å². The van der Waals surface area contributed by atoms with Crippen molar-refractivity contribution < 1.29 is 14.4 Å². The summed E-state index contributed by atoms with van der Waals surface area (Å²) >= 11 is 5.63. The highest BCUT2D eigenvalue weighted by Gasteiger charge is 2.10. The van der Waals surface area contributed by atoms with Crippen LogP contribution in [0.15, 0.2) is 65.2 Å². The second-order valence-corrected chi connectivity index (χ2v) is 4.91. The standard InChI is InChI=1S/C17H15ClN2O3/c1-2-4-12(5-3-10-18)11-15-19-16(20-23-15)13-6-8-14(9-7-13)17(21)22/h2-9H,1,10-11H2,(H,21,22)/b5-3-,12-4+. The minimum absolute atomic E-state index is 0.208. The zero-order valence-corrected chi connectivity index (χ0v) is 13.0. The largest absolute Gasteiger partial charge is 0.478 e. The third-order valence-electron chi connectivity index (χ3n) is 2.97. The van der Waals surface area contributed by atoms with E-state index >= 15 is 0 Å². The Morgan fingerprint density at radius 2 is 2.09 bits per heavy atom. The molecule has 0 aliphatic rings. The van der Waals surface area contributed by atoms with Crippen molar-refractivity contribution in [2.45, 2.75) is 6.42 Å². The fourth-order valence-electron chi connectivity index (χ4n) is 1.90. The summed E-state index contributed by atoms with van der Waals surface area (Å²) in [7, 11) is 0. The molecule has 1 heterocycles. The summed E-state index contributed by atoms with van der Waals surface area (Å²) in [4.78, 5) is 15.2. The Hall–Kier alpha value is -2.66. The third-order valence-corrected chi connectivity index (χ3v) is 3.14. The third kappa shape index (κ3) is 4.66. The molecule has 118 valence electrons. The zero-order chi connectivity index (χ0) is 16.7. The SMILES string of the molecule is C=C/C=C(\C=C/CCl)Cc1nc(-c2ccc(C(=O)O)cc2)no1. The number of benzene rings is 1. The van der Waals surface area contributed by atoms with Crippen LogP contribution in [0.25, 0.3) is 11.4 Å². The first-order chi connectivity index (χ1) is 11.1. The number of carboxylic acid groups (broad SMARTS) is 1. The van der Waals surface area contributed by atoms with Crippen LogP contribution in [0.5, 0.6) is 0 Å². The van der Waals surface area contributed by atoms with Gasteiger partial charge >= 0.3 is 5.97 Å². The molecule has 0 aliphatic carbocycles. The van der Waals surface area contributed by atoms with Gasteiger partial charge in [0.15, 0.2) is 0 Å². The van der Waals surface area contributed by atoms with Crippen LogP contribution >= 0.6 is 11.6 Å². The number of carboxylic acids is 1. The molecule has 0 unspecified atom stereocenters. The Labute approximate surface area is 138 Å². The molecule has 0 atom stereocenters. The molecule has 0 radical (unpaired) electrons. The van der Waals surface area contributed by atoms with Crippen molar-refractivity contribution in [3.05, 3.63) is 72.2 Å². The van der Waals surface area contributed by atoms with Gasteiger partial charge in [-0.05, 0) is 17.7 Å². The van der Waals surface area contributed by atoms with Gasteiger partial charge in [0.2, 0.25) is 11.7 Å². The van der Waals surface area contributed by atoms with Crippen LogP contribution in [-0.2, 0) is 6.42 Å². The van der Waals surface area contributed by atoms with Crippen LogP contribution in [0, 0.1) is 0 Å². The highest BCUT2D eigenvalue weighted by atomic mass is 35.5. The second kappa shape index (κ2) is 8.10. The molecule has 0 bridgehead atoms. The number of alkyl halides is 1. The maximum Gasteiger partial charge on any atom is 0.335 e. The predicted octanol–water partition coefficient (Wildman–Crippen LogP) is 3.88. The number of nitrogens with zero attached hydrogens (tertiary/aromatic N) is 2. The fraction of sp³-hybridized carbons (Fsp3) is 0.118. The first-order valence-corrected chi connectivity index (χ1v) is 7.38. The van der Waals surface area contributed by atoms with Crippen molar-refractivity contribution in [3.63, 3.8) is 0 Å². The van der Waals surface area contributed by atoms with Crippen LogP contribution in [0.3, 0.4) is 0 Å². The highest BCUT2D eigenvalue weighted by Crippen LogP contribution is 2.18. The average molecular weight is 331 g/mol. The lowest BCUT2D eigenvalue weighted by Gasteiger charge is -1.97. The van der Waals surface area contributed by atoms with Gasteiger partial charge in [0, 0.05) is 11.4 Å². The molecule has 0 saturated carbocycles. The number of halogens is 1. The number of allylic oxidation sites excluding steroid dienone is 5. The molecular weight excluding hydrogens is 316 g/mol.